The van der Waals surface area contributed by atoms with Gasteiger partial charge in [0.15, 0.2) is 5.82 Å². The molecule has 0 spiro atoms. The van der Waals surface area contributed by atoms with Gasteiger partial charge in [0.05, 0.1) is 6.10 Å². The molecule has 3 nitrogen and oxygen atoms in total. The normalized spacial score (nSPS) is 12.5. The van der Waals surface area contributed by atoms with Crippen molar-refractivity contribution in [3.63, 3.8) is 0 Å². The van der Waals surface area contributed by atoms with Gasteiger partial charge in [0, 0.05) is 18.3 Å². The molecule has 1 unspecified atom stereocenters. The summed E-state index contributed by atoms with van der Waals surface area (Å²) >= 11 is 0. The van der Waals surface area contributed by atoms with Gasteiger partial charge in [-0.2, -0.15) is 0 Å². The van der Waals surface area contributed by atoms with E-state index in [1.165, 1.54) is 6.20 Å². The summed E-state index contributed by atoms with van der Waals surface area (Å²) in [5.74, 6) is -0.387. The van der Waals surface area contributed by atoms with Gasteiger partial charge in [-0.3, -0.25) is 0 Å². The van der Waals surface area contributed by atoms with E-state index < -0.39 is 5.82 Å². The Morgan fingerprint density at radius 3 is 2.93 bits per heavy atom. The molecule has 2 N–H and O–H groups in total. The zero-order valence-corrected chi connectivity index (χ0v) is 9.16. The zero-order valence-electron chi connectivity index (χ0n) is 9.16. The van der Waals surface area contributed by atoms with Crippen LogP contribution in [0.1, 0.15) is 32.3 Å². The van der Waals surface area contributed by atoms with Crippen molar-refractivity contribution in [1.82, 2.24) is 4.98 Å². The van der Waals surface area contributed by atoms with Gasteiger partial charge in [-0.25, -0.2) is 9.37 Å². The van der Waals surface area contributed by atoms with Crippen LogP contribution in [-0.4, -0.2) is 11.1 Å². The molecule has 0 saturated heterocycles. The van der Waals surface area contributed by atoms with Crippen LogP contribution in [0.4, 0.5) is 4.39 Å². The highest BCUT2D eigenvalue weighted by atomic mass is 19.1. The van der Waals surface area contributed by atoms with Gasteiger partial charge < -0.3 is 10.5 Å². The topological polar surface area (TPSA) is 48.1 Å². The minimum atomic E-state index is -0.442. The summed E-state index contributed by atoms with van der Waals surface area (Å²) in [5.41, 5.74) is 5.82. The molecule has 1 rings (SSSR count). The van der Waals surface area contributed by atoms with Crippen molar-refractivity contribution in [1.29, 1.82) is 0 Å². The highest BCUT2D eigenvalue weighted by Gasteiger charge is 2.12. The fourth-order valence-corrected chi connectivity index (χ4v) is 1.36. The molecule has 1 atom stereocenters. The van der Waals surface area contributed by atoms with Crippen LogP contribution in [0.2, 0.25) is 0 Å². The number of hydrogen-bond donors (Lipinski definition) is 1. The maximum Gasteiger partial charge on any atom is 0.250 e. The quantitative estimate of drug-likeness (QED) is 0.814. The Morgan fingerprint density at radius 2 is 2.33 bits per heavy atom. The largest absolute Gasteiger partial charge is 0.473 e. The van der Waals surface area contributed by atoms with Crippen LogP contribution in [0, 0.1) is 5.82 Å². The lowest BCUT2D eigenvalue weighted by atomic mass is 10.2. The molecule has 1 heterocycles. The van der Waals surface area contributed by atoms with Crippen LogP contribution in [0.3, 0.4) is 0 Å². The number of ether oxygens (including phenoxy) is 1. The van der Waals surface area contributed by atoms with Crippen molar-refractivity contribution in [2.75, 3.05) is 0 Å². The standard InChI is InChI=1S/C11H17FN2O/c1-3-4-8(2)15-11-10(12)9(7-13)5-6-14-11/h5-6,8H,3-4,7,13H2,1-2H3. The third-order valence-corrected chi connectivity index (χ3v) is 2.17. The van der Waals surface area contributed by atoms with Gasteiger partial charge in [0.2, 0.25) is 0 Å². The van der Waals surface area contributed by atoms with Crippen molar-refractivity contribution in [3.8, 4) is 5.88 Å². The Labute approximate surface area is 89.5 Å². The number of pyridine rings is 1. The minimum absolute atomic E-state index is 0.0231. The molecular weight excluding hydrogens is 195 g/mol. The van der Waals surface area contributed by atoms with E-state index in [4.69, 9.17) is 10.5 Å². The molecule has 1 aromatic rings. The smallest absolute Gasteiger partial charge is 0.250 e. The van der Waals surface area contributed by atoms with E-state index in [1.54, 1.807) is 6.07 Å². The third kappa shape index (κ3) is 3.16. The second-order valence-electron chi connectivity index (χ2n) is 3.51. The average Bonchev–Trinajstić information content (AvgIpc) is 2.21. The van der Waals surface area contributed by atoms with Gasteiger partial charge in [0.1, 0.15) is 0 Å². The number of rotatable bonds is 5. The monoisotopic (exact) mass is 212 g/mol. The van der Waals surface area contributed by atoms with Gasteiger partial charge in [0.25, 0.3) is 5.88 Å². The molecule has 0 aliphatic carbocycles. The Morgan fingerprint density at radius 1 is 1.60 bits per heavy atom. The van der Waals surface area contributed by atoms with E-state index in [0.717, 1.165) is 12.8 Å². The third-order valence-electron chi connectivity index (χ3n) is 2.17. The molecule has 0 radical (unpaired) electrons. The summed E-state index contributed by atoms with van der Waals surface area (Å²) < 4.78 is 19.0. The fraction of sp³-hybridized carbons (Fsp3) is 0.545. The number of nitrogens with two attached hydrogens (primary N) is 1. The maximum atomic E-state index is 13.6. The van der Waals surface area contributed by atoms with Crippen LogP contribution < -0.4 is 10.5 Å². The SMILES string of the molecule is CCCC(C)Oc1nccc(CN)c1F. The van der Waals surface area contributed by atoms with Crippen molar-refractivity contribution < 1.29 is 9.13 Å². The lowest BCUT2D eigenvalue weighted by Gasteiger charge is -2.14. The molecule has 0 fully saturated rings. The molecule has 0 amide bonds. The van der Waals surface area contributed by atoms with E-state index >= 15 is 0 Å². The van der Waals surface area contributed by atoms with Crippen molar-refractivity contribution in [3.05, 3.63) is 23.6 Å². The maximum absolute atomic E-state index is 13.6. The van der Waals surface area contributed by atoms with E-state index in [0.29, 0.717) is 5.56 Å². The van der Waals surface area contributed by atoms with E-state index in [2.05, 4.69) is 11.9 Å². The predicted molar refractivity (Wildman–Crippen MR) is 57.1 cm³/mol. The molecule has 0 aromatic carbocycles. The van der Waals surface area contributed by atoms with Crippen LogP contribution in [0.15, 0.2) is 12.3 Å². The molecule has 15 heavy (non-hydrogen) atoms. The summed E-state index contributed by atoms with van der Waals surface area (Å²) in [4.78, 5) is 3.86. The van der Waals surface area contributed by atoms with Crippen molar-refractivity contribution in [2.45, 2.75) is 39.3 Å². The van der Waals surface area contributed by atoms with E-state index in [-0.39, 0.29) is 18.5 Å². The number of hydrogen-bond acceptors (Lipinski definition) is 3. The van der Waals surface area contributed by atoms with Gasteiger partial charge in [-0.05, 0) is 19.4 Å². The molecule has 0 aliphatic heterocycles. The van der Waals surface area contributed by atoms with E-state index in [1.807, 2.05) is 6.92 Å². The fourth-order valence-electron chi connectivity index (χ4n) is 1.36. The highest BCUT2D eigenvalue weighted by molar-refractivity contribution is 5.23. The predicted octanol–water partition coefficient (Wildman–Crippen LogP) is 2.25. The summed E-state index contributed by atoms with van der Waals surface area (Å²) in [5, 5.41) is 0. The molecule has 1 aromatic heterocycles. The minimum Gasteiger partial charge on any atom is -0.473 e. The summed E-state index contributed by atoms with van der Waals surface area (Å²) in [6.07, 6.45) is 3.37. The van der Waals surface area contributed by atoms with Gasteiger partial charge >= 0.3 is 0 Å². The Bertz CT molecular complexity index is 317. The lowest BCUT2D eigenvalue weighted by molar-refractivity contribution is 0.191. The van der Waals surface area contributed by atoms with Crippen LogP contribution in [0.5, 0.6) is 5.88 Å². The molecular formula is C11H17FN2O. The first-order valence-corrected chi connectivity index (χ1v) is 5.19. The zero-order chi connectivity index (χ0) is 11.3. The number of aromatic nitrogens is 1. The highest BCUT2D eigenvalue weighted by Crippen LogP contribution is 2.18. The molecule has 0 bridgehead atoms. The van der Waals surface area contributed by atoms with E-state index in [9.17, 15) is 4.39 Å². The van der Waals surface area contributed by atoms with Gasteiger partial charge in [-0.15, -0.1) is 0 Å². The van der Waals surface area contributed by atoms with Crippen molar-refractivity contribution >= 4 is 0 Å². The van der Waals surface area contributed by atoms with Crippen LogP contribution in [-0.2, 0) is 6.54 Å². The Kier molecular flexibility index (Phi) is 4.49. The summed E-state index contributed by atoms with van der Waals surface area (Å²) in [7, 11) is 0. The number of halogens is 1. The summed E-state index contributed by atoms with van der Waals surface area (Å²) in [6.45, 7) is 4.12. The lowest BCUT2D eigenvalue weighted by Crippen LogP contribution is -2.14. The molecule has 4 heteroatoms. The molecule has 0 saturated carbocycles. The second-order valence-corrected chi connectivity index (χ2v) is 3.51. The first-order valence-electron chi connectivity index (χ1n) is 5.19. The summed E-state index contributed by atoms with van der Waals surface area (Å²) in [6, 6.07) is 1.56. The molecule has 84 valence electrons. The Balaban J connectivity index is 2.76. The van der Waals surface area contributed by atoms with Crippen LogP contribution in [0.25, 0.3) is 0 Å². The Hall–Kier alpha value is -1.16. The number of nitrogens with zero attached hydrogens (tertiary/aromatic N) is 1. The molecule has 0 aliphatic rings. The second kappa shape index (κ2) is 5.66. The van der Waals surface area contributed by atoms with Crippen molar-refractivity contribution in [2.24, 2.45) is 5.73 Å². The first-order chi connectivity index (χ1) is 7.19. The van der Waals surface area contributed by atoms with Gasteiger partial charge in [-0.1, -0.05) is 13.3 Å². The average molecular weight is 212 g/mol. The van der Waals surface area contributed by atoms with Crippen LogP contribution >= 0.6 is 0 Å². The first kappa shape index (κ1) is 11.9.